The minimum absolute atomic E-state index is 0.462. The Morgan fingerprint density at radius 1 is 1.37 bits per heavy atom. The number of hydrogen-bond acceptors (Lipinski definition) is 4. The van der Waals surface area contributed by atoms with E-state index >= 15 is 0 Å². The first-order valence-electron chi connectivity index (χ1n) is 6.93. The van der Waals surface area contributed by atoms with Gasteiger partial charge in [0.25, 0.3) is 10.0 Å². The molecule has 2 heterocycles. The molecule has 0 spiro atoms. The van der Waals surface area contributed by atoms with Crippen LogP contribution in [0.1, 0.15) is 25.7 Å². The van der Waals surface area contributed by atoms with E-state index in [0.29, 0.717) is 29.3 Å². The predicted molar refractivity (Wildman–Crippen MR) is 76.8 cm³/mol. The summed E-state index contributed by atoms with van der Waals surface area (Å²) in [5, 5.41) is 5.34. The van der Waals surface area contributed by atoms with Gasteiger partial charge >= 0.3 is 0 Å². The van der Waals surface area contributed by atoms with Gasteiger partial charge in [0.05, 0.1) is 0 Å². The SMILES string of the molecule is O=S(=O)(c1cccs1)N1CCCC(CNC2CC2)C1. The van der Waals surface area contributed by atoms with Gasteiger partial charge in [0.15, 0.2) is 0 Å². The van der Waals surface area contributed by atoms with Crippen molar-refractivity contribution < 1.29 is 8.42 Å². The standard InChI is InChI=1S/C13H20N2O2S2/c16-19(17,13-4-2-8-18-13)15-7-1-3-11(10-15)9-14-12-5-6-12/h2,4,8,11-12,14H,1,3,5-7,9-10H2. The molecule has 0 bridgehead atoms. The van der Waals surface area contributed by atoms with Crippen molar-refractivity contribution in [2.24, 2.45) is 5.92 Å². The number of piperidine rings is 1. The second-order valence-electron chi connectivity index (χ2n) is 5.49. The molecule has 3 rings (SSSR count). The summed E-state index contributed by atoms with van der Waals surface area (Å²) < 4.78 is 27.1. The highest BCUT2D eigenvalue weighted by Crippen LogP contribution is 2.27. The zero-order valence-corrected chi connectivity index (χ0v) is 12.5. The first-order chi connectivity index (χ1) is 9.16. The van der Waals surface area contributed by atoms with E-state index in [4.69, 9.17) is 0 Å². The van der Waals surface area contributed by atoms with Gasteiger partial charge in [-0.2, -0.15) is 4.31 Å². The van der Waals surface area contributed by atoms with Crippen LogP contribution in [0.2, 0.25) is 0 Å². The number of nitrogens with zero attached hydrogens (tertiary/aromatic N) is 1. The fourth-order valence-corrected chi connectivity index (χ4v) is 5.27. The molecule has 1 saturated carbocycles. The summed E-state index contributed by atoms with van der Waals surface area (Å²) in [6.07, 6.45) is 4.67. The third-order valence-electron chi connectivity index (χ3n) is 3.84. The highest BCUT2D eigenvalue weighted by atomic mass is 32.2. The largest absolute Gasteiger partial charge is 0.314 e. The van der Waals surface area contributed by atoms with Gasteiger partial charge in [0.2, 0.25) is 0 Å². The van der Waals surface area contributed by atoms with E-state index in [-0.39, 0.29) is 0 Å². The molecule has 4 nitrogen and oxygen atoms in total. The van der Waals surface area contributed by atoms with E-state index in [1.54, 1.807) is 16.4 Å². The zero-order chi connectivity index (χ0) is 13.3. The fraction of sp³-hybridized carbons (Fsp3) is 0.692. The smallest absolute Gasteiger partial charge is 0.252 e. The van der Waals surface area contributed by atoms with Crippen molar-refractivity contribution in [1.82, 2.24) is 9.62 Å². The molecule has 2 fully saturated rings. The van der Waals surface area contributed by atoms with Crippen LogP contribution in [0.5, 0.6) is 0 Å². The minimum atomic E-state index is -3.25. The Kier molecular flexibility index (Phi) is 3.93. The molecular formula is C13H20N2O2S2. The van der Waals surface area contributed by atoms with E-state index in [1.165, 1.54) is 24.2 Å². The van der Waals surface area contributed by atoms with E-state index in [9.17, 15) is 8.42 Å². The Morgan fingerprint density at radius 2 is 2.21 bits per heavy atom. The zero-order valence-electron chi connectivity index (χ0n) is 10.9. The lowest BCUT2D eigenvalue weighted by Crippen LogP contribution is -2.42. The molecule has 1 aromatic heterocycles. The van der Waals surface area contributed by atoms with E-state index in [0.717, 1.165) is 19.4 Å². The maximum absolute atomic E-state index is 12.5. The molecule has 106 valence electrons. The summed E-state index contributed by atoms with van der Waals surface area (Å²) >= 11 is 1.31. The van der Waals surface area contributed by atoms with Gasteiger partial charge in [0, 0.05) is 19.1 Å². The summed E-state index contributed by atoms with van der Waals surface area (Å²) in [5.41, 5.74) is 0. The molecule has 1 N–H and O–H groups in total. The minimum Gasteiger partial charge on any atom is -0.314 e. The van der Waals surface area contributed by atoms with Crippen molar-refractivity contribution in [3.8, 4) is 0 Å². The number of rotatable bonds is 5. The van der Waals surface area contributed by atoms with Crippen LogP contribution >= 0.6 is 11.3 Å². The molecule has 1 aliphatic carbocycles. The predicted octanol–water partition coefficient (Wildman–Crippen LogP) is 1.90. The first kappa shape index (κ1) is 13.5. The summed E-state index contributed by atoms with van der Waals surface area (Å²) in [6.45, 7) is 2.29. The van der Waals surface area contributed by atoms with Crippen LogP contribution in [0.25, 0.3) is 0 Å². The second-order valence-corrected chi connectivity index (χ2v) is 8.60. The quantitative estimate of drug-likeness (QED) is 0.903. The van der Waals surface area contributed by atoms with Crippen LogP contribution in [-0.2, 0) is 10.0 Å². The van der Waals surface area contributed by atoms with Gasteiger partial charge < -0.3 is 5.32 Å². The average molecular weight is 300 g/mol. The second kappa shape index (κ2) is 5.52. The molecule has 1 atom stereocenters. The molecule has 1 unspecified atom stereocenters. The summed E-state index contributed by atoms with van der Waals surface area (Å²) in [7, 11) is -3.25. The van der Waals surface area contributed by atoms with Gasteiger partial charge in [0.1, 0.15) is 4.21 Å². The number of thiophene rings is 1. The Morgan fingerprint density at radius 3 is 2.89 bits per heavy atom. The molecule has 2 aliphatic rings. The maximum Gasteiger partial charge on any atom is 0.252 e. The lowest BCUT2D eigenvalue weighted by molar-refractivity contribution is 0.260. The lowest BCUT2D eigenvalue weighted by atomic mass is 10.00. The van der Waals surface area contributed by atoms with Crippen LogP contribution in [0, 0.1) is 5.92 Å². The van der Waals surface area contributed by atoms with Crippen LogP contribution in [-0.4, -0.2) is 38.4 Å². The summed E-state index contributed by atoms with van der Waals surface area (Å²) in [4.78, 5) is 0. The van der Waals surface area contributed by atoms with Gasteiger partial charge in [-0.25, -0.2) is 8.42 Å². The van der Waals surface area contributed by atoms with Crippen LogP contribution in [0.3, 0.4) is 0 Å². The third kappa shape index (κ3) is 3.18. The first-order valence-corrected chi connectivity index (χ1v) is 9.25. The summed E-state index contributed by atoms with van der Waals surface area (Å²) in [5.74, 6) is 0.462. The third-order valence-corrected chi connectivity index (χ3v) is 7.08. The molecule has 6 heteroatoms. The molecule has 19 heavy (non-hydrogen) atoms. The summed E-state index contributed by atoms with van der Waals surface area (Å²) in [6, 6.07) is 4.20. The van der Waals surface area contributed by atoms with Crippen molar-refractivity contribution in [3.63, 3.8) is 0 Å². The average Bonchev–Trinajstić information content (AvgIpc) is 3.07. The molecular weight excluding hydrogens is 280 g/mol. The molecule has 1 aromatic rings. The van der Waals surface area contributed by atoms with Crippen LogP contribution in [0.15, 0.2) is 21.7 Å². The highest BCUT2D eigenvalue weighted by molar-refractivity contribution is 7.91. The van der Waals surface area contributed by atoms with Crippen molar-refractivity contribution in [3.05, 3.63) is 17.5 Å². The van der Waals surface area contributed by atoms with Crippen molar-refractivity contribution in [1.29, 1.82) is 0 Å². The molecule has 0 aromatic carbocycles. The lowest BCUT2D eigenvalue weighted by Gasteiger charge is -2.31. The molecule has 1 saturated heterocycles. The van der Waals surface area contributed by atoms with Crippen molar-refractivity contribution >= 4 is 21.4 Å². The van der Waals surface area contributed by atoms with E-state index in [1.807, 2.05) is 5.38 Å². The van der Waals surface area contributed by atoms with Gasteiger partial charge in [-0.05, 0) is 49.6 Å². The number of hydrogen-bond donors (Lipinski definition) is 1. The number of nitrogens with one attached hydrogen (secondary N) is 1. The monoisotopic (exact) mass is 300 g/mol. The normalized spacial score (nSPS) is 25.6. The van der Waals surface area contributed by atoms with Crippen LogP contribution < -0.4 is 5.32 Å². The van der Waals surface area contributed by atoms with Gasteiger partial charge in [-0.15, -0.1) is 11.3 Å². The Labute approximate surface area is 118 Å². The topological polar surface area (TPSA) is 49.4 Å². The molecule has 1 aliphatic heterocycles. The number of sulfonamides is 1. The fourth-order valence-electron chi connectivity index (χ4n) is 2.57. The van der Waals surface area contributed by atoms with Crippen LogP contribution in [0.4, 0.5) is 0 Å². The van der Waals surface area contributed by atoms with E-state index in [2.05, 4.69) is 5.32 Å². The molecule has 0 radical (unpaired) electrons. The van der Waals surface area contributed by atoms with Gasteiger partial charge in [-0.3, -0.25) is 0 Å². The maximum atomic E-state index is 12.5. The Bertz CT molecular complexity index is 509. The van der Waals surface area contributed by atoms with Crippen molar-refractivity contribution in [2.75, 3.05) is 19.6 Å². The van der Waals surface area contributed by atoms with Gasteiger partial charge in [-0.1, -0.05) is 6.07 Å². The Hall–Kier alpha value is -0.430. The van der Waals surface area contributed by atoms with E-state index < -0.39 is 10.0 Å². The Balaban J connectivity index is 1.63. The molecule has 0 amide bonds. The van der Waals surface area contributed by atoms with Crippen molar-refractivity contribution in [2.45, 2.75) is 35.9 Å². The highest BCUT2D eigenvalue weighted by Gasteiger charge is 2.31.